The van der Waals surface area contributed by atoms with Gasteiger partial charge in [0.2, 0.25) is 5.88 Å². The van der Waals surface area contributed by atoms with E-state index in [1.54, 1.807) is 12.3 Å². The lowest BCUT2D eigenvalue weighted by atomic mass is 10.2. The van der Waals surface area contributed by atoms with Gasteiger partial charge in [0.1, 0.15) is 6.61 Å². The van der Waals surface area contributed by atoms with Crippen molar-refractivity contribution in [3.63, 3.8) is 0 Å². The Morgan fingerprint density at radius 2 is 2.00 bits per heavy atom. The first-order valence-electron chi connectivity index (χ1n) is 5.21. The fourth-order valence-corrected chi connectivity index (χ4v) is 1.82. The van der Waals surface area contributed by atoms with Gasteiger partial charge in [0.25, 0.3) is 0 Å². The molecular weight excluding hydrogens is 282 g/mol. The van der Waals surface area contributed by atoms with E-state index >= 15 is 0 Å². The first-order valence-corrected chi connectivity index (χ1v) is 6.01. The van der Waals surface area contributed by atoms with Crippen LogP contribution in [0.1, 0.15) is 11.1 Å². The number of rotatable bonds is 4. The Morgan fingerprint density at radius 1 is 1.24 bits per heavy atom. The molecule has 0 amide bonds. The predicted molar refractivity (Wildman–Crippen MR) is 68.6 cm³/mol. The minimum absolute atomic E-state index is 0.0867. The van der Waals surface area contributed by atoms with Crippen LogP contribution in [0.4, 0.5) is 0 Å². The maximum Gasteiger partial charge on any atom is 0.219 e. The minimum atomic E-state index is -0.0867. The molecule has 0 spiro atoms. The summed E-state index contributed by atoms with van der Waals surface area (Å²) in [6.07, 6.45) is 1.65. The van der Waals surface area contributed by atoms with Crippen molar-refractivity contribution in [3.8, 4) is 5.88 Å². The summed E-state index contributed by atoms with van der Waals surface area (Å²) in [5, 5.41) is 9.20. The van der Waals surface area contributed by atoms with E-state index in [0.29, 0.717) is 18.1 Å². The van der Waals surface area contributed by atoms with Gasteiger partial charge in [-0.1, -0.05) is 30.3 Å². The summed E-state index contributed by atoms with van der Waals surface area (Å²) in [6, 6.07) is 11.6. The number of halogens is 1. The molecule has 0 saturated carbocycles. The van der Waals surface area contributed by atoms with Gasteiger partial charge in [-0.25, -0.2) is 4.98 Å². The van der Waals surface area contributed by atoms with E-state index in [2.05, 4.69) is 20.9 Å². The molecule has 1 N–H and O–H groups in total. The van der Waals surface area contributed by atoms with E-state index in [0.717, 1.165) is 10.0 Å². The third-order valence-electron chi connectivity index (χ3n) is 2.28. The van der Waals surface area contributed by atoms with E-state index in [-0.39, 0.29) is 6.61 Å². The summed E-state index contributed by atoms with van der Waals surface area (Å²) in [6.45, 7) is 0.360. The topological polar surface area (TPSA) is 42.4 Å². The van der Waals surface area contributed by atoms with Gasteiger partial charge >= 0.3 is 0 Å². The monoisotopic (exact) mass is 293 g/mol. The fourth-order valence-electron chi connectivity index (χ4n) is 1.44. The van der Waals surface area contributed by atoms with Crippen LogP contribution >= 0.6 is 15.9 Å². The summed E-state index contributed by atoms with van der Waals surface area (Å²) < 4.78 is 6.40. The van der Waals surface area contributed by atoms with Gasteiger partial charge in [-0.2, -0.15) is 0 Å². The molecule has 0 fully saturated rings. The second kappa shape index (κ2) is 5.80. The highest BCUT2D eigenvalue weighted by Gasteiger charge is 2.05. The van der Waals surface area contributed by atoms with Crippen molar-refractivity contribution in [3.05, 3.63) is 58.2 Å². The van der Waals surface area contributed by atoms with E-state index in [4.69, 9.17) is 4.74 Å². The van der Waals surface area contributed by atoms with Crippen molar-refractivity contribution in [1.82, 2.24) is 4.98 Å². The summed E-state index contributed by atoms with van der Waals surface area (Å²) in [5.74, 6) is 0.472. The minimum Gasteiger partial charge on any atom is -0.473 e. The zero-order valence-corrected chi connectivity index (χ0v) is 10.7. The molecule has 0 radical (unpaired) electrons. The maximum atomic E-state index is 9.20. The number of hydrogen-bond acceptors (Lipinski definition) is 3. The van der Waals surface area contributed by atoms with Gasteiger partial charge < -0.3 is 9.84 Å². The van der Waals surface area contributed by atoms with Gasteiger partial charge in [0.05, 0.1) is 6.61 Å². The first kappa shape index (κ1) is 12.1. The standard InChI is InChI=1S/C13H12BrNO2/c14-12-6-11(8-16)13(15-7-12)17-9-10-4-2-1-3-5-10/h1-7,16H,8-9H2. The Morgan fingerprint density at radius 3 is 2.71 bits per heavy atom. The Labute approximate surface area is 108 Å². The molecule has 0 atom stereocenters. The molecule has 0 unspecified atom stereocenters. The Bertz CT molecular complexity index is 488. The number of benzene rings is 1. The van der Waals surface area contributed by atoms with Gasteiger partial charge in [0.15, 0.2) is 0 Å². The van der Waals surface area contributed by atoms with Crippen LogP contribution in [0.5, 0.6) is 5.88 Å². The van der Waals surface area contributed by atoms with Crippen molar-refractivity contribution in [2.45, 2.75) is 13.2 Å². The van der Waals surface area contributed by atoms with Crippen molar-refractivity contribution in [2.75, 3.05) is 0 Å². The van der Waals surface area contributed by atoms with Gasteiger partial charge in [-0.15, -0.1) is 0 Å². The first-order chi connectivity index (χ1) is 8.29. The van der Waals surface area contributed by atoms with Crippen LogP contribution in [-0.4, -0.2) is 10.1 Å². The lowest BCUT2D eigenvalue weighted by Gasteiger charge is -2.09. The smallest absolute Gasteiger partial charge is 0.219 e. The molecule has 0 aliphatic carbocycles. The largest absolute Gasteiger partial charge is 0.473 e. The second-order valence-corrected chi connectivity index (χ2v) is 4.47. The Hall–Kier alpha value is -1.39. The molecule has 0 saturated heterocycles. The summed E-state index contributed by atoms with van der Waals surface area (Å²) in [7, 11) is 0. The molecule has 3 nitrogen and oxygen atoms in total. The molecule has 17 heavy (non-hydrogen) atoms. The van der Waals surface area contributed by atoms with E-state index in [1.165, 1.54) is 0 Å². The molecule has 0 bridgehead atoms. The Kier molecular flexibility index (Phi) is 4.12. The molecule has 2 rings (SSSR count). The number of aliphatic hydroxyl groups is 1. The quantitative estimate of drug-likeness (QED) is 0.942. The molecule has 88 valence electrons. The SMILES string of the molecule is OCc1cc(Br)cnc1OCc1ccccc1. The molecule has 1 aromatic heterocycles. The lowest BCUT2D eigenvalue weighted by molar-refractivity contribution is 0.252. The molecule has 4 heteroatoms. The molecule has 1 heterocycles. The second-order valence-electron chi connectivity index (χ2n) is 3.55. The average molecular weight is 294 g/mol. The molecule has 0 aliphatic rings. The molecule has 0 aliphatic heterocycles. The van der Waals surface area contributed by atoms with Crippen molar-refractivity contribution < 1.29 is 9.84 Å². The van der Waals surface area contributed by atoms with Crippen LogP contribution in [0.15, 0.2) is 47.1 Å². The highest BCUT2D eigenvalue weighted by molar-refractivity contribution is 9.10. The number of aromatic nitrogens is 1. The zero-order chi connectivity index (χ0) is 12.1. The highest BCUT2D eigenvalue weighted by Crippen LogP contribution is 2.20. The highest BCUT2D eigenvalue weighted by atomic mass is 79.9. The van der Waals surface area contributed by atoms with E-state index in [9.17, 15) is 5.11 Å². The van der Waals surface area contributed by atoms with Gasteiger partial charge in [0, 0.05) is 16.2 Å². The Balaban J connectivity index is 2.09. The third kappa shape index (κ3) is 3.28. The molecular formula is C13H12BrNO2. The van der Waals surface area contributed by atoms with Gasteiger partial charge in [-0.3, -0.25) is 0 Å². The van der Waals surface area contributed by atoms with Crippen LogP contribution in [0.2, 0.25) is 0 Å². The van der Waals surface area contributed by atoms with Crippen molar-refractivity contribution in [2.24, 2.45) is 0 Å². The van der Waals surface area contributed by atoms with Crippen molar-refractivity contribution in [1.29, 1.82) is 0 Å². The molecule has 1 aromatic carbocycles. The van der Waals surface area contributed by atoms with Crippen molar-refractivity contribution >= 4 is 15.9 Å². The number of aliphatic hydroxyl groups excluding tert-OH is 1. The van der Waals surface area contributed by atoms with Crippen LogP contribution in [-0.2, 0) is 13.2 Å². The van der Waals surface area contributed by atoms with E-state index < -0.39 is 0 Å². The van der Waals surface area contributed by atoms with Crippen LogP contribution in [0.3, 0.4) is 0 Å². The lowest BCUT2D eigenvalue weighted by Crippen LogP contribution is -2.00. The predicted octanol–water partition coefficient (Wildman–Crippen LogP) is 2.92. The summed E-state index contributed by atoms with van der Waals surface area (Å²) in [5.41, 5.74) is 1.75. The summed E-state index contributed by atoms with van der Waals surface area (Å²) in [4.78, 5) is 4.14. The number of nitrogens with zero attached hydrogens (tertiary/aromatic N) is 1. The number of pyridine rings is 1. The van der Waals surface area contributed by atoms with Crippen LogP contribution < -0.4 is 4.74 Å². The maximum absolute atomic E-state index is 9.20. The zero-order valence-electron chi connectivity index (χ0n) is 9.14. The average Bonchev–Trinajstić information content (AvgIpc) is 2.38. The van der Waals surface area contributed by atoms with Crippen LogP contribution in [0.25, 0.3) is 0 Å². The number of ether oxygens (including phenoxy) is 1. The van der Waals surface area contributed by atoms with Crippen LogP contribution in [0, 0.1) is 0 Å². The molecule has 2 aromatic rings. The number of hydrogen-bond donors (Lipinski definition) is 1. The summed E-state index contributed by atoms with van der Waals surface area (Å²) >= 11 is 3.30. The van der Waals surface area contributed by atoms with Gasteiger partial charge in [-0.05, 0) is 27.6 Å². The normalized spacial score (nSPS) is 10.2. The fraction of sp³-hybridized carbons (Fsp3) is 0.154. The third-order valence-corrected chi connectivity index (χ3v) is 2.71. The van der Waals surface area contributed by atoms with E-state index in [1.807, 2.05) is 30.3 Å².